The summed E-state index contributed by atoms with van der Waals surface area (Å²) in [5, 5.41) is 0. The SMILES string of the molecule is CS(=O)(=O)O.c1ccc(-c2ccccc2)cc1. The van der Waals surface area contributed by atoms with Crippen LogP contribution in [0.3, 0.4) is 0 Å². The highest BCUT2D eigenvalue weighted by Gasteiger charge is 1.91. The second-order valence-electron chi connectivity index (χ2n) is 3.47. The highest BCUT2D eigenvalue weighted by molar-refractivity contribution is 7.85. The minimum absolute atomic E-state index is 0.715. The van der Waals surface area contributed by atoms with Gasteiger partial charge in [-0.05, 0) is 11.1 Å². The maximum absolute atomic E-state index is 9.19. The van der Waals surface area contributed by atoms with Crippen LogP contribution in [0, 0.1) is 0 Å². The van der Waals surface area contributed by atoms with Crippen molar-refractivity contribution in [2.45, 2.75) is 0 Å². The maximum Gasteiger partial charge on any atom is 0.261 e. The van der Waals surface area contributed by atoms with Gasteiger partial charge in [0.15, 0.2) is 0 Å². The van der Waals surface area contributed by atoms with E-state index in [1.807, 2.05) is 12.1 Å². The van der Waals surface area contributed by atoms with Gasteiger partial charge in [0.1, 0.15) is 0 Å². The molecule has 2 aromatic carbocycles. The first-order chi connectivity index (χ1) is 7.97. The van der Waals surface area contributed by atoms with Crippen LogP contribution in [0.4, 0.5) is 0 Å². The highest BCUT2D eigenvalue weighted by Crippen LogP contribution is 2.17. The van der Waals surface area contributed by atoms with E-state index in [4.69, 9.17) is 4.55 Å². The monoisotopic (exact) mass is 250 g/mol. The molecule has 0 fully saturated rings. The summed E-state index contributed by atoms with van der Waals surface area (Å²) in [5.41, 5.74) is 2.55. The molecule has 0 aliphatic rings. The van der Waals surface area contributed by atoms with Crippen molar-refractivity contribution in [2.75, 3.05) is 6.26 Å². The van der Waals surface area contributed by atoms with Gasteiger partial charge < -0.3 is 0 Å². The zero-order chi connectivity index (χ0) is 12.7. The lowest BCUT2D eigenvalue weighted by Gasteiger charge is -1.98. The number of rotatable bonds is 1. The largest absolute Gasteiger partial charge is 0.286 e. The molecule has 0 bridgehead atoms. The Morgan fingerprint density at radius 1 is 0.765 bits per heavy atom. The first-order valence-electron chi connectivity index (χ1n) is 5.00. The smallest absolute Gasteiger partial charge is 0.261 e. The average Bonchev–Trinajstić information content (AvgIpc) is 2.29. The van der Waals surface area contributed by atoms with Crippen molar-refractivity contribution in [1.29, 1.82) is 0 Å². The number of hydrogen-bond acceptors (Lipinski definition) is 2. The molecular weight excluding hydrogens is 236 g/mol. The van der Waals surface area contributed by atoms with Gasteiger partial charge >= 0.3 is 0 Å². The van der Waals surface area contributed by atoms with Crippen LogP contribution in [0.1, 0.15) is 0 Å². The van der Waals surface area contributed by atoms with Crippen LogP contribution in [0.2, 0.25) is 0 Å². The van der Waals surface area contributed by atoms with E-state index in [9.17, 15) is 8.42 Å². The topological polar surface area (TPSA) is 54.4 Å². The van der Waals surface area contributed by atoms with E-state index in [-0.39, 0.29) is 0 Å². The molecule has 4 heteroatoms. The molecule has 1 N–H and O–H groups in total. The van der Waals surface area contributed by atoms with Gasteiger partial charge in [0.25, 0.3) is 10.1 Å². The molecule has 2 rings (SSSR count). The zero-order valence-corrected chi connectivity index (χ0v) is 10.3. The fourth-order valence-corrected chi connectivity index (χ4v) is 1.26. The van der Waals surface area contributed by atoms with Gasteiger partial charge in [-0.15, -0.1) is 0 Å². The summed E-state index contributed by atoms with van der Waals surface area (Å²) in [7, 11) is -3.67. The third-order valence-corrected chi connectivity index (χ3v) is 1.88. The van der Waals surface area contributed by atoms with E-state index in [1.54, 1.807) is 0 Å². The van der Waals surface area contributed by atoms with Crippen molar-refractivity contribution < 1.29 is 13.0 Å². The summed E-state index contributed by atoms with van der Waals surface area (Å²) < 4.78 is 25.9. The van der Waals surface area contributed by atoms with Crippen molar-refractivity contribution in [3.05, 3.63) is 60.7 Å². The normalized spacial score (nSPS) is 10.2. The Hall–Kier alpha value is -1.65. The first-order valence-corrected chi connectivity index (χ1v) is 6.84. The summed E-state index contributed by atoms with van der Waals surface area (Å²) in [4.78, 5) is 0. The van der Waals surface area contributed by atoms with Gasteiger partial charge in [-0.2, -0.15) is 8.42 Å². The molecular formula is C13H14O3S. The van der Waals surface area contributed by atoms with Gasteiger partial charge in [0, 0.05) is 0 Å². The first kappa shape index (κ1) is 13.4. The van der Waals surface area contributed by atoms with Crippen molar-refractivity contribution in [1.82, 2.24) is 0 Å². The van der Waals surface area contributed by atoms with Crippen LogP contribution in [-0.2, 0) is 10.1 Å². The Balaban J connectivity index is 0.000000249. The van der Waals surface area contributed by atoms with Gasteiger partial charge in [0.05, 0.1) is 6.26 Å². The summed E-state index contributed by atoms with van der Waals surface area (Å²) >= 11 is 0. The quantitative estimate of drug-likeness (QED) is 0.792. The molecule has 2 aromatic rings. The van der Waals surface area contributed by atoms with Crippen molar-refractivity contribution in [3.8, 4) is 11.1 Å². The molecule has 0 heterocycles. The molecule has 0 saturated carbocycles. The molecule has 0 aromatic heterocycles. The molecule has 0 saturated heterocycles. The second-order valence-corrected chi connectivity index (χ2v) is 4.93. The van der Waals surface area contributed by atoms with Crippen molar-refractivity contribution >= 4 is 10.1 Å². The third-order valence-electron chi connectivity index (χ3n) is 1.88. The third kappa shape index (κ3) is 6.50. The molecule has 90 valence electrons. The van der Waals surface area contributed by atoms with E-state index in [0.29, 0.717) is 6.26 Å². The van der Waals surface area contributed by atoms with Crippen LogP contribution in [0.5, 0.6) is 0 Å². The molecule has 3 nitrogen and oxygen atoms in total. The van der Waals surface area contributed by atoms with E-state index in [0.717, 1.165) is 0 Å². The average molecular weight is 250 g/mol. The van der Waals surface area contributed by atoms with E-state index in [2.05, 4.69) is 48.5 Å². The van der Waals surface area contributed by atoms with E-state index < -0.39 is 10.1 Å². The lowest BCUT2D eigenvalue weighted by atomic mass is 10.1. The number of benzene rings is 2. The minimum atomic E-state index is -3.67. The van der Waals surface area contributed by atoms with Crippen molar-refractivity contribution in [2.24, 2.45) is 0 Å². The minimum Gasteiger partial charge on any atom is -0.286 e. The predicted molar refractivity (Wildman–Crippen MR) is 69.4 cm³/mol. The number of hydrogen-bond donors (Lipinski definition) is 1. The standard InChI is InChI=1S/C12H10.CH4O3S/c1-3-7-11(8-4-1)12-9-5-2-6-10-12;1-5(2,3)4/h1-10H;1H3,(H,2,3,4). The second kappa shape index (κ2) is 6.18. The van der Waals surface area contributed by atoms with Gasteiger partial charge in [0.2, 0.25) is 0 Å². The Labute approximate surface area is 101 Å². The fourth-order valence-electron chi connectivity index (χ4n) is 1.26. The van der Waals surface area contributed by atoms with Gasteiger partial charge in [-0.25, -0.2) is 0 Å². The highest BCUT2D eigenvalue weighted by atomic mass is 32.2. The molecule has 0 atom stereocenters. The van der Waals surface area contributed by atoms with Gasteiger partial charge in [-0.3, -0.25) is 4.55 Å². The summed E-state index contributed by atoms with van der Waals surface area (Å²) in [6, 6.07) is 20.8. The molecule has 17 heavy (non-hydrogen) atoms. The van der Waals surface area contributed by atoms with Crippen molar-refractivity contribution in [3.63, 3.8) is 0 Å². The molecule has 0 aliphatic heterocycles. The Kier molecular flexibility index (Phi) is 4.87. The van der Waals surface area contributed by atoms with Crippen LogP contribution in [-0.4, -0.2) is 19.2 Å². The summed E-state index contributed by atoms with van der Waals surface area (Å²) in [6.07, 6.45) is 0.715. The molecule has 0 aliphatic carbocycles. The maximum atomic E-state index is 9.19. The van der Waals surface area contributed by atoms with Crippen LogP contribution < -0.4 is 0 Å². The predicted octanol–water partition coefficient (Wildman–Crippen LogP) is 2.86. The van der Waals surface area contributed by atoms with E-state index >= 15 is 0 Å². The lowest BCUT2D eigenvalue weighted by molar-refractivity contribution is 0.490. The van der Waals surface area contributed by atoms with Gasteiger partial charge in [-0.1, -0.05) is 60.7 Å². The summed E-state index contributed by atoms with van der Waals surface area (Å²) in [6.45, 7) is 0. The molecule has 0 amide bonds. The molecule has 0 unspecified atom stereocenters. The van der Waals surface area contributed by atoms with Crippen LogP contribution >= 0.6 is 0 Å². The van der Waals surface area contributed by atoms with Crippen LogP contribution in [0.15, 0.2) is 60.7 Å². The fraction of sp³-hybridized carbons (Fsp3) is 0.0769. The Bertz CT molecular complexity index is 488. The summed E-state index contributed by atoms with van der Waals surface area (Å²) in [5.74, 6) is 0. The van der Waals surface area contributed by atoms with Crippen LogP contribution in [0.25, 0.3) is 11.1 Å². The zero-order valence-electron chi connectivity index (χ0n) is 9.45. The molecule has 0 spiro atoms. The Morgan fingerprint density at radius 2 is 1.00 bits per heavy atom. The molecule has 0 radical (unpaired) electrons. The Morgan fingerprint density at radius 3 is 1.24 bits per heavy atom. The lowest BCUT2D eigenvalue weighted by Crippen LogP contribution is -1.88. The van der Waals surface area contributed by atoms with E-state index in [1.165, 1.54) is 11.1 Å².